The molecule has 6 aromatic rings. The topological polar surface area (TPSA) is 38.2 Å². The first-order valence-corrected chi connectivity index (χ1v) is 12.8. The molecule has 0 spiro atoms. The van der Waals surface area contributed by atoms with Gasteiger partial charge in [-0.05, 0) is 100 Å². The lowest BCUT2D eigenvalue weighted by atomic mass is 10.0. The minimum atomic E-state index is 0.853. The van der Waals surface area contributed by atoms with Crippen molar-refractivity contribution in [1.82, 2.24) is 9.97 Å². The summed E-state index contributed by atoms with van der Waals surface area (Å²) in [4.78, 5) is 10.7. The van der Waals surface area contributed by atoms with E-state index in [1.165, 1.54) is 0 Å². The number of ether oxygens (including phenoxy) is 1. The predicted molar refractivity (Wildman–Crippen MR) is 160 cm³/mol. The Hall–Kier alpha value is -5.22. The minimum Gasteiger partial charge on any atom is -0.497 e. The van der Waals surface area contributed by atoms with Gasteiger partial charge < -0.3 is 9.64 Å². The van der Waals surface area contributed by atoms with E-state index in [9.17, 15) is 0 Å². The van der Waals surface area contributed by atoms with E-state index in [1.54, 1.807) is 13.3 Å². The number of aromatic nitrogens is 2. The van der Waals surface area contributed by atoms with E-state index >= 15 is 0 Å². The van der Waals surface area contributed by atoms with E-state index in [0.29, 0.717) is 0 Å². The van der Waals surface area contributed by atoms with Crippen LogP contribution in [0.15, 0.2) is 146 Å². The number of hydrogen-bond donors (Lipinski definition) is 0. The van der Waals surface area contributed by atoms with Crippen molar-refractivity contribution < 1.29 is 4.74 Å². The fourth-order valence-corrected chi connectivity index (χ4v) is 4.72. The first-order valence-electron chi connectivity index (χ1n) is 12.8. The number of hydrogen-bond acceptors (Lipinski definition) is 4. The maximum absolute atomic E-state index is 5.31. The van der Waals surface area contributed by atoms with E-state index < -0.39 is 0 Å². The Labute approximate surface area is 228 Å². The van der Waals surface area contributed by atoms with Crippen LogP contribution in [0, 0.1) is 0 Å². The van der Waals surface area contributed by atoms with Crippen molar-refractivity contribution in [2.24, 2.45) is 0 Å². The van der Waals surface area contributed by atoms with Gasteiger partial charge in [0.25, 0.3) is 0 Å². The lowest BCUT2D eigenvalue weighted by Crippen LogP contribution is -2.09. The minimum absolute atomic E-state index is 0.853. The number of benzene rings is 4. The second-order valence-electron chi connectivity index (χ2n) is 9.18. The molecule has 0 saturated carbocycles. The summed E-state index contributed by atoms with van der Waals surface area (Å²) in [6.45, 7) is 0. The van der Waals surface area contributed by atoms with Gasteiger partial charge in [-0.1, -0.05) is 54.6 Å². The molecule has 39 heavy (non-hydrogen) atoms. The third-order valence-electron chi connectivity index (χ3n) is 6.81. The van der Waals surface area contributed by atoms with Crippen LogP contribution in [0.4, 0.5) is 17.1 Å². The molecule has 0 aliphatic rings. The summed E-state index contributed by atoms with van der Waals surface area (Å²) < 4.78 is 5.31. The third kappa shape index (κ3) is 5.27. The molecule has 0 radical (unpaired) electrons. The summed E-state index contributed by atoms with van der Waals surface area (Å²) in [6, 6.07) is 42.2. The molecule has 0 N–H and O–H groups in total. The van der Waals surface area contributed by atoms with Crippen LogP contribution in [0.25, 0.3) is 33.4 Å². The van der Waals surface area contributed by atoms with Gasteiger partial charge >= 0.3 is 0 Å². The summed E-state index contributed by atoms with van der Waals surface area (Å²) in [5.41, 5.74) is 10.1. The normalized spacial score (nSPS) is 10.7. The van der Waals surface area contributed by atoms with Crippen LogP contribution in [0.5, 0.6) is 5.75 Å². The van der Waals surface area contributed by atoms with Crippen molar-refractivity contribution in [3.8, 4) is 39.1 Å². The smallest absolute Gasteiger partial charge is 0.118 e. The number of anilines is 3. The fourth-order valence-electron chi connectivity index (χ4n) is 4.72. The van der Waals surface area contributed by atoms with Gasteiger partial charge in [0.1, 0.15) is 5.75 Å². The molecule has 0 aliphatic carbocycles. The Morgan fingerprint density at radius 3 is 1.31 bits per heavy atom. The molecule has 0 bridgehead atoms. The summed E-state index contributed by atoms with van der Waals surface area (Å²) >= 11 is 0. The molecule has 0 atom stereocenters. The van der Waals surface area contributed by atoms with Crippen LogP contribution in [0.2, 0.25) is 0 Å². The van der Waals surface area contributed by atoms with Gasteiger partial charge in [0.15, 0.2) is 0 Å². The molecule has 188 valence electrons. The Balaban J connectivity index is 1.37. The average Bonchev–Trinajstić information content (AvgIpc) is 3.03. The highest BCUT2D eigenvalue weighted by Gasteiger charge is 2.14. The fraction of sp³-hybridized carbons (Fsp3) is 0.0286. The van der Waals surface area contributed by atoms with Crippen molar-refractivity contribution in [2.75, 3.05) is 12.0 Å². The first-order chi connectivity index (χ1) is 19.3. The zero-order valence-electron chi connectivity index (χ0n) is 21.6. The second kappa shape index (κ2) is 11.0. The molecule has 4 aromatic carbocycles. The molecule has 0 unspecified atom stereocenters. The number of pyridine rings is 2. The molecule has 6 rings (SSSR count). The molecule has 0 saturated heterocycles. The van der Waals surface area contributed by atoms with Crippen LogP contribution in [-0.2, 0) is 0 Å². The van der Waals surface area contributed by atoms with Crippen molar-refractivity contribution in [1.29, 1.82) is 0 Å². The SMILES string of the molecule is COc1ccc(-c2ccc(N(c3ccc(-c4ccncc4)cc3)c3ccc(-c4cccnc4)cc3)cc2)cc1. The van der Waals surface area contributed by atoms with E-state index in [4.69, 9.17) is 4.74 Å². The molecule has 2 aromatic heterocycles. The molecule has 0 amide bonds. The molecule has 2 heterocycles. The van der Waals surface area contributed by atoms with Gasteiger partial charge in [-0.2, -0.15) is 0 Å². The van der Waals surface area contributed by atoms with Crippen molar-refractivity contribution >= 4 is 17.1 Å². The molecular weight excluding hydrogens is 478 g/mol. The third-order valence-corrected chi connectivity index (χ3v) is 6.81. The van der Waals surface area contributed by atoms with Gasteiger partial charge in [0, 0.05) is 41.8 Å². The van der Waals surface area contributed by atoms with Gasteiger partial charge in [-0.15, -0.1) is 0 Å². The van der Waals surface area contributed by atoms with E-state index in [0.717, 1.165) is 56.2 Å². The van der Waals surface area contributed by atoms with Gasteiger partial charge in [0.05, 0.1) is 7.11 Å². The zero-order chi connectivity index (χ0) is 26.4. The van der Waals surface area contributed by atoms with Crippen LogP contribution in [0.3, 0.4) is 0 Å². The highest BCUT2D eigenvalue weighted by molar-refractivity contribution is 5.81. The molecule has 0 fully saturated rings. The monoisotopic (exact) mass is 505 g/mol. The van der Waals surface area contributed by atoms with Crippen LogP contribution in [0.1, 0.15) is 0 Å². The lowest BCUT2D eigenvalue weighted by Gasteiger charge is -2.26. The molecule has 0 aliphatic heterocycles. The maximum atomic E-state index is 5.31. The van der Waals surface area contributed by atoms with Gasteiger partial charge in [-0.25, -0.2) is 0 Å². The van der Waals surface area contributed by atoms with Gasteiger partial charge in [-0.3, -0.25) is 9.97 Å². The van der Waals surface area contributed by atoms with E-state index in [-0.39, 0.29) is 0 Å². The van der Waals surface area contributed by atoms with Crippen LogP contribution < -0.4 is 9.64 Å². The zero-order valence-corrected chi connectivity index (χ0v) is 21.6. The Morgan fingerprint density at radius 1 is 0.436 bits per heavy atom. The lowest BCUT2D eigenvalue weighted by molar-refractivity contribution is 0.415. The summed E-state index contributed by atoms with van der Waals surface area (Å²) in [5, 5.41) is 0. The highest BCUT2D eigenvalue weighted by Crippen LogP contribution is 2.37. The molecule has 4 heteroatoms. The largest absolute Gasteiger partial charge is 0.497 e. The first kappa shape index (κ1) is 24.1. The quantitative estimate of drug-likeness (QED) is 0.217. The highest BCUT2D eigenvalue weighted by atomic mass is 16.5. The van der Waals surface area contributed by atoms with E-state index in [2.05, 4.69) is 106 Å². The molecular formula is C35H27N3O. The van der Waals surface area contributed by atoms with Crippen LogP contribution in [-0.4, -0.2) is 17.1 Å². The van der Waals surface area contributed by atoms with Crippen LogP contribution >= 0.6 is 0 Å². The van der Waals surface area contributed by atoms with Crippen molar-refractivity contribution in [3.63, 3.8) is 0 Å². The Kier molecular flexibility index (Phi) is 6.83. The number of nitrogens with zero attached hydrogens (tertiary/aromatic N) is 3. The Morgan fingerprint density at radius 2 is 0.872 bits per heavy atom. The second-order valence-corrected chi connectivity index (χ2v) is 9.18. The predicted octanol–water partition coefficient (Wildman–Crippen LogP) is 8.96. The summed E-state index contributed by atoms with van der Waals surface area (Å²) in [5.74, 6) is 0.853. The maximum Gasteiger partial charge on any atom is 0.118 e. The standard InChI is InChI=1S/C35H27N3O/c1-39-35-18-10-28(11-19-35)26-4-12-32(13-5-26)38(33-14-6-27(7-15-33)30-20-23-36-24-21-30)34-16-8-29(9-17-34)31-3-2-22-37-25-31/h2-25H,1H3. The summed E-state index contributed by atoms with van der Waals surface area (Å²) in [7, 11) is 1.69. The van der Waals surface area contributed by atoms with E-state index in [1.807, 2.05) is 48.9 Å². The Bertz CT molecular complexity index is 1550. The average molecular weight is 506 g/mol. The van der Waals surface area contributed by atoms with Crippen molar-refractivity contribution in [3.05, 3.63) is 146 Å². The molecule has 4 nitrogen and oxygen atoms in total. The van der Waals surface area contributed by atoms with Crippen molar-refractivity contribution in [2.45, 2.75) is 0 Å². The number of rotatable bonds is 7. The number of methoxy groups -OCH3 is 1. The summed E-state index contributed by atoms with van der Waals surface area (Å²) in [6.07, 6.45) is 7.33. The van der Waals surface area contributed by atoms with Gasteiger partial charge in [0.2, 0.25) is 0 Å².